The van der Waals surface area contributed by atoms with Crippen molar-refractivity contribution >= 4 is 17.9 Å². The molecule has 0 saturated carbocycles. The van der Waals surface area contributed by atoms with Gasteiger partial charge in [-0.3, -0.25) is 14.4 Å². The predicted molar refractivity (Wildman–Crippen MR) is 316 cm³/mol. The summed E-state index contributed by atoms with van der Waals surface area (Å²) in [6, 6.07) is 0. The molecule has 0 saturated heterocycles. The Hall–Kier alpha value is -3.93. The summed E-state index contributed by atoms with van der Waals surface area (Å²) in [5.74, 6) is -1.06. The third-order valence-corrected chi connectivity index (χ3v) is 12.7. The molecule has 0 aromatic carbocycles. The van der Waals surface area contributed by atoms with Gasteiger partial charge in [-0.25, -0.2) is 0 Å². The molecule has 1 atom stereocenters. The van der Waals surface area contributed by atoms with Gasteiger partial charge in [-0.1, -0.05) is 252 Å². The maximum absolute atomic E-state index is 12.9. The Bertz CT molecular complexity index is 1490. The minimum Gasteiger partial charge on any atom is -0.462 e. The van der Waals surface area contributed by atoms with Gasteiger partial charge in [-0.05, 0) is 116 Å². The van der Waals surface area contributed by atoms with Gasteiger partial charge in [-0.15, -0.1) is 0 Å². The maximum Gasteiger partial charge on any atom is 0.306 e. The van der Waals surface area contributed by atoms with Crippen LogP contribution in [-0.2, 0) is 28.6 Å². The van der Waals surface area contributed by atoms with Gasteiger partial charge in [0.05, 0.1) is 0 Å². The van der Waals surface area contributed by atoms with E-state index in [2.05, 4.69) is 124 Å². The van der Waals surface area contributed by atoms with Gasteiger partial charge in [0, 0.05) is 19.3 Å². The van der Waals surface area contributed by atoms with Crippen molar-refractivity contribution in [3.05, 3.63) is 109 Å². The highest BCUT2D eigenvalue weighted by Gasteiger charge is 2.19. The monoisotopic (exact) mass is 1010 g/mol. The average Bonchev–Trinajstić information content (AvgIpc) is 3.39. The van der Waals surface area contributed by atoms with Gasteiger partial charge in [0.15, 0.2) is 6.10 Å². The lowest BCUT2D eigenvalue weighted by atomic mass is 10.1. The number of unbranched alkanes of at least 4 members (excludes halogenated alkanes) is 25. The normalized spacial score (nSPS) is 12.9. The van der Waals surface area contributed by atoms with Gasteiger partial charge in [0.25, 0.3) is 0 Å². The molecular formula is C67H112O6. The second kappa shape index (κ2) is 60.6. The van der Waals surface area contributed by atoms with Crippen LogP contribution in [0.3, 0.4) is 0 Å². The van der Waals surface area contributed by atoms with Crippen LogP contribution in [0.2, 0.25) is 0 Å². The van der Waals surface area contributed by atoms with Crippen LogP contribution >= 0.6 is 0 Å². The zero-order valence-corrected chi connectivity index (χ0v) is 47.6. The highest BCUT2D eigenvalue weighted by Crippen LogP contribution is 2.14. The third-order valence-electron chi connectivity index (χ3n) is 12.7. The van der Waals surface area contributed by atoms with Gasteiger partial charge < -0.3 is 14.2 Å². The van der Waals surface area contributed by atoms with Crippen LogP contribution < -0.4 is 0 Å². The minimum atomic E-state index is -0.832. The summed E-state index contributed by atoms with van der Waals surface area (Å²) < 4.78 is 16.8. The van der Waals surface area contributed by atoms with E-state index in [-0.39, 0.29) is 44.0 Å². The van der Waals surface area contributed by atoms with E-state index < -0.39 is 6.10 Å². The third kappa shape index (κ3) is 58.8. The number of esters is 3. The minimum absolute atomic E-state index is 0.129. The second-order valence-electron chi connectivity index (χ2n) is 19.9. The fourth-order valence-corrected chi connectivity index (χ4v) is 8.14. The molecule has 6 heteroatoms. The Labute approximate surface area is 450 Å². The lowest BCUT2D eigenvalue weighted by Crippen LogP contribution is -2.30. The Balaban J connectivity index is 4.56. The lowest BCUT2D eigenvalue weighted by Gasteiger charge is -2.18. The number of hydrogen-bond acceptors (Lipinski definition) is 6. The molecule has 0 aromatic rings. The molecular weight excluding hydrogens is 901 g/mol. The molecule has 0 aliphatic rings. The molecule has 73 heavy (non-hydrogen) atoms. The molecule has 0 spiro atoms. The highest BCUT2D eigenvalue weighted by atomic mass is 16.6. The van der Waals surface area contributed by atoms with Crippen LogP contribution in [0.4, 0.5) is 0 Å². The van der Waals surface area contributed by atoms with E-state index in [1.54, 1.807) is 0 Å². The Morgan fingerprint density at radius 3 is 0.932 bits per heavy atom. The van der Waals surface area contributed by atoms with Crippen LogP contribution in [-0.4, -0.2) is 37.2 Å². The lowest BCUT2D eigenvalue weighted by molar-refractivity contribution is -0.166. The van der Waals surface area contributed by atoms with Crippen molar-refractivity contribution in [3.63, 3.8) is 0 Å². The highest BCUT2D eigenvalue weighted by molar-refractivity contribution is 5.71. The molecule has 0 aliphatic carbocycles. The van der Waals surface area contributed by atoms with E-state index in [0.717, 1.165) is 64.2 Å². The summed E-state index contributed by atoms with van der Waals surface area (Å²) in [6.07, 6.45) is 82.4. The van der Waals surface area contributed by atoms with Gasteiger partial charge >= 0.3 is 17.9 Å². The standard InChI is InChI=1S/C67H112O6/c1-4-7-10-13-16-19-22-25-28-31-33-36-39-42-45-48-51-54-57-60-66(69)72-63-64(62-71-65(68)59-56-53-50-47-44-41-38-35-30-27-24-21-18-15-12-9-6-3)73-67(70)61-58-55-52-49-46-43-40-37-34-32-29-26-23-20-17-14-11-8-5-2/h16,19,25-30,33,36,38,41-42,45,47,50-51,54,64H,4-15,17-18,20-24,31-32,34-35,37,39-40,43-44,46,48-49,52-53,55-63H2,1-3H3/b19-16-,28-25-,29-26-,30-27-,36-33-,41-38-,45-42-,50-47-,54-51-/t64-/m0/s1. The fourth-order valence-electron chi connectivity index (χ4n) is 8.14. The van der Waals surface area contributed by atoms with Crippen molar-refractivity contribution < 1.29 is 28.6 Å². The molecule has 0 unspecified atom stereocenters. The summed E-state index contributed by atoms with van der Waals surface area (Å²) in [4.78, 5) is 38.2. The number of ether oxygens (including phenoxy) is 3. The largest absolute Gasteiger partial charge is 0.462 e. The van der Waals surface area contributed by atoms with Crippen molar-refractivity contribution in [2.45, 2.75) is 284 Å². The van der Waals surface area contributed by atoms with E-state index in [1.807, 2.05) is 6.08 Å². The first kappa shape index (κ1) is 69.1. The van der Waals surface area contributed by atoms with Gasteiger partial charge in [0.1, 0.15) is 13.2 Å². The van der Waals surface area contributed by atoms with E-state index in [4.69, 9.17) is 14.2 Å². The van der Waals surface area contributed by atoms with Crippen molar-refractivity contribution in [2.75, 3.05) is 13.2 Å². The zero-order valence-electron chi connectivity index (χ0n) is 47.6. The number of hydrogen-bond donors (Lipinski definition) is 0. The summed E-state index contributed by atoms with van der Waals surface area (Å²) in [5, 5.41) is 0. The molecule has 416 valence electrons. The quantitative estimate of drug-likeness (QED) is 0.0261. The van der Waals surface area contributed by atoms with Crippen molar-refractivity contribution in [3.8, 4) is 0 Å². The first-order valence-electron chi connectivity index (χ1n) is 30.4. The van der Waals surface area contributed by atoms with E-state index in [0.29, 0.717) is 19.3 Å². The van der Waals surface area contributed by atoms with Crippen LogP contribution in [0.1, 0.15) is 278 Å². The number of carbonyl (C=O) groups is 3. The molecule has 0 radical (unpaired) electrons. The van der Waals surface area contributed by atoms with E-state index in [1.165, 1.54) is 161 Å². The Kier molecular flexibility index (Phi) is 57.4. The summed E-state index contributed by atoms with van der Waals surface area (Å²) in [5.41, 5.74) is 0. The first-order chi connectivity index (χ1) is 36.0. The smallest absolute Gasteiger partial charge is 0.306 e. The van der Waals surface area contributed by atoms with Crippen molar-refractivity contribution in [2.24, 2.45) is 0 Å². The van der Waals surface area contributed by atoms with Crippen molar-refractivity contribution in [1.29, 1.82) is 0 Å². The molecule has 0 bridgehead atoms. The van der Waals surface area contributed by atoms with Crippen LogP contribution in [0, 0.1) is 0 Å². The Morgan fingerprint density at radius 1 is 0.274 bits per heavy atom. The van der Waals surface area contributed by atoms with E-state index >= 15 is 0 Å². The molecule has 0 aromatic heterocycles. The zero-order chi connectivity index (χ0) is 52.9. The first-order valence-corrected chi connectivity index (χ1v) is 30.4. The summed E-state index contributed by atoms with van der Waals surface area (Å²) >= 11 is 0. The fraction of sp³-hybridized carbons (Fsp3) is 0.687. The van der Waals surface area contributed by atoms with Crippen molar-refractivity contribution in [1.82, 2.24) is 0 Å². The maximum atomic E-state index is 12.9. The molecule has 0 N–H and O–H groups in total. The SMILES string of the molecule is CCCCC/C=C\C/C=C\C/C=C\C/C=C\C/C=C\CCC(=O)OC[C@H](COC(=O)CCC/C=C\C/C=C\C/C=C\CCCCCCCC)OC(=O)CCCCCCCCCCC/C=C\CCCCCCCC. The number of carbonyl (C=O) groups excluding carboxylic acids is 3. The van der Waals surface area contributed by atoms with Crippen LogP contribution in [0.15, 0.2) is 109 Å². The topological polar surface area (TPSA) is 78.9 Å². The van der Waals surface area contributed by atoms with Gasteiger partial charge in [0.2, 0.25) is 0 Å². The molecule has 6 nitrogen and oxygen atoms in total. The summed E-state index contributed by atoms with van der Waals surface area (Å²) in [7, 11) is 0. The number of allylic oxidation sites excluding steroid dienone is 18. The van der Waals surface area contributed by atoms with E-state index in [9.17, 15) is 14.4 Å². The number of rotatable bonds is 54. The molecule has 0 rings (SSSR count). The molecule has 0 amide bonds. The van der Waals surface area contributed by atoms with Gasteiger partial charge in [-0.2, -0.15) is 0 Å². The van der Waals surface area contributed by atoms with Crippen LogP contribution in [0.5, 0.6) is 0 Å². The second-order valence-corrected chi connectivity index (χ2v) is 19.9. The predicted octanol–water partition coefficient (Wildman–Crippen LogP) is 20.7. The average molecular weight is 1010 g/mol. The molecule has 0 aliphatic heterocycles. The molecule has 0 heterocycles. The van der Waals surface area contributed by atoms with Crippen LogP contribution in [0.25, 0.3) is 0 Å². The summed E-state index contributed by atoms with van der Waals surface area (Å²) in [6.45, 7) is 6.50. The Morgan fingerprint density at radius 2 is 0.534 bits per heavy atom. The molecule has 0 fully saturated rings.